The van der Waals surface area contributed by atoms with Gasteiger partial charge in [0, 0.05) is 0 Å². The molecular formula is C66H114O3Si5. The zero-order valence-corrected chi connectivity index (χ0v) is 59.2. The van der Waals surface area contributed by atoms with Gasteiger partial charge in [-0.15, -0.1) is 0 Å². The molecule has 0 spiro atoms. The average Bonchev–Trinajstić information content (AvgIpc) is 3.12. The first-order valence-corrected chi connectivity index (χ1v) is 42.9. The lowest BCUT2D eigenvalue weighted by atomic mass is 9.80. The molecule has 0 atom stereocenters. The Labute approximate surface area is 464 Å². The molecule has 0 aliphatic heterocycles. The number of hydrogen-bond acceptors (Lipinski definition) is 3. The van der Waals surface area contributed by atoms with E-state index >= 15 is 0 Å². The zero-order valence-electron chi connectivity index (χ0n) is 54.2. The van der Waals surface area contributed by atoms with Crippen molar-refractivity contribution in [2.45, 2.75) is 252 Å². The van der Waals surface area contributed by atoms with Crippen LogP contribution in [0.15, 0.2) is 72.8 Å². The van der Waals surface area contributed by atoms with Crippen molar-refractivity contribution in [2.75, 3.05) is 0 Å². The summed E-state index contributed by atoms with van der Waals surface area (Å²) in [5.74, 6) is 0. The van der Waals surface area contributed by atoms with Crippen molar-refractivity contribution < 1.29 is 12.3 Å². The molecule has 416 valence electrons. The summed E-state index contributed by atoms with van der Waals surface area (Å²) < 4.78 is 20.4. The molecule has 0 amide bonds. The molecule has 0 bridgehead atoms. The second-order valence-electron chi connectivity index (χ2n) is 31.3. The van der Waals surface area contributed by atoms with Gasteiger partial charge in [0.1, 0.15) is 0 Å². The molecule has 0 saturated heterocycles. The number of aryl methyl sites for hydroxylation is 4. The van der Waals surface area contributed by atoms with E-state index in [0.717, 1.165) is 0 Å². The highest BCUT2D eigenvalue weighted by Crippen LogP contribution is 2.36. The van der Waals surface area contributed by atoms with Crippen LogP contribution in [0.1, 0.15) is 180 Å². The molecule has 0 aromatic heterocycles. The fourth-order valence-electron chi connectivity index (χ4n) is 12.2. The van der Waals surface area contributed by atoms with E-state index < -0.39 is 41.8 Å². The molecular weight excluding hydrogens is 981 g/mol. The van der Waals surface area contributed by atoms with Gasteiger partial charge in [-0.1, -0.05) is 210 Å². The molecule has 8 heteroatoms. The van der Waals surface area contributed by atoms with Crippen LogP contribution in [0.4, 0.5) is 0 Å². The van der Waals surface area contributed by atoms with Gasteiger partial charge in [0.25, 0.3) is 0 Å². The van der Waals surface area contributed by atoms with Crippen LogP contribution in [0, 0.1) is 38.5 Å². The maximum Gasteiger partial charge on any atom is 0.311 e. The van der Waals surface area contributed by atoms with Crippen molar-refractivity contribution in [1.82, 2.24) is 0 Å². The van der Waals surface area contributed by atoms with Crippen molar-refractivity contribution in [2.24, 2.45) is 10.8 Å². The summed E-state index contributed by atoms with van der Waals surface area (Å²) in [6.07, 6.45) is 4.49. The first-order valence-electron chi connectivity index (χ1n) is 28.0. The Morgan fingerprint density at radius 1 is 0.351 bits per heavy atom. The van der Waals surface area contributed by atoms with E-state index in [1.807, 2.05) is 0 Å². The van der Waals surface area contributed by atoms with Gasteiger partial charge in [-0.05, 0) is 204 Å². The van der Waals surface area contributed by atoms with Gasteiger partial charge in [0.2, 0.25) is 16.6 Å². The molecule has 4 rings (SSSR count). The third-order valence-corrected chi connectivity index (χ3v) is 33.1. The van der Waals surface area contributed by atoms with Gasteiger partial charge < -0.3 is 12.3 Å². The standard InChI is InChI=1S/C26H44O2Si3.C26H36.C14H34OSi2/c1-25(2,3)21-13-17-23(18-14-21)29(7,8)27-31(11,12)28-30(9,10)24-19-15-22(16-20-24)26(4,5)6;1-17-13-21(14-18(2)23(17)25(5,6)7)11-12-22-15-19(3)24(20(4)16-22)26(8,9)10;1-13(2,3)11-16(7,8)15-17(9,10)12-14(4,5)6/h13-20H,1-12H3;11-16H,1-10H3;11-12H2,1-10H3/b;12-11+;. The van der Waals surface area contributed by atoms with Crippen LogP contribution in [0.3, 0.4) is 0 Å². The van der Waals surface area contributed by atoms with Crippen LogP contribution in [0.5, 0.6) is 0 Å². The number of rotatable bonds is 12. The van der Waals surface area contributed by atoms with Crippen LogP contribution in [-0.2, 0) is 34.0 Å². The largest absolute Gasteiger partial charge is 0.455 e. The highest BCUT2D eigenvalue weighted by Gasteiger charge is 2.42. The van der Waals surface area contributed by atoms with Crippen LogP contribution in [-0.4, -0.2) is 41.8 Å². The smallest absolute Gasteiger partial charge is 0.311 e. The molecule has 0 aliphatic carbocycles. The van der Waals surface area contributed by atoms with Crippen molar-refractivity contribution in [3.8, 4) is 0 Å². The van der Waals surface area contributed by atoms with Gasteiger partial charge in [-0.3, -0.25) is 0 Å². The summed E-state index contributed by atoms with van der Waals surface area (Å²) in [6, 6.07) is 29.9. The minimum absolute atomic E-state index is 0.167. The molecule has 0 unspecified atom stereocenters. The molecule has 3 nitrogen and oxygen atoms in total. The Bertz CT molecular complexity index is 2250. The summed E-state index contributed by atoms with van der Waals surface area (Å²) in [5.41, 5.74) is 15.2. The fourth-order valence-corrected chi connectivity index (χ4v) is 37.2. The molecule has 4 aromatic carbocycles. The molecule has 4 aromatic rings. The fraction of sp³-hybridized carbons (Fsp3) is 0.606. The third-order valence-electron chi connectivity index (χ3n) is 13.4. The first kappa shape index (κ1) is 67.7. The highest BCUT2D eigenvalue weighted by molar-refractivity contribution is 6.95. The van der Waals surface area contributed by atoms with Crippen LogP contribution < -0.4 is 10.4 Å². The summed E-state index contributed by atoms with van der Waals surface area (Å²) in [5, 5.41) is 2.66. The monoisotopic (exact) mass is 1090 g/mol. The highest BCUT2D eigenvalue weighted by atomic mass is 28.5. The molecule has 0 aliphatic rings. The summed E-state index contributed by atoms with van der Waals surface area (Å²) >= 11 is 0. The third kappa shape index (κ3) is 22.5. The van der Waals surface area contributed by atoms with E-state index in [9.17, 15) is 0 Å². The van der Waals surface area contributed by atoms with Crippen LogP contribution in [0.2, 0.25) is 77.6 Å². The Morgan fingerprint density at radius 2 is 0.595 bits per heavy atom. The van der Waals surface area contributed by atoms with Gasteiger partial charge >= 0.3 is 8.56 Å². The van der Waals surface area contributed by atoms with Gasteiger partial charge in [0.05, 0.1) is 0 Å². The number of benzene rings is 4. The van der Waals surface area contributed by atoms with E-state index in [4.69, 9.17) is 12.3 Å². The lowest BCUT2D eigenvalue weighted by molar-refractivity contribution is 0.400. The Kier molecular flexibility index (Phi) is 22.2. The second-order valence-corrected chi connectivity index (χ2v) is 51.5. The number of hydrogen-bond donors (Lipinski definition) is 0. The quantitative estimate of drug-likeness (QED) is 0.105. The molecule has 0 N–H and O–H groups in total. The summed E-state index contributed by atoms with van der Waals surface area (Å²) in [4.78, 5) is 0. The van der Waals surface area contributed by atoms with E-state index in [2.05, 4.69) is 303 Å². The van der Waals surface area contributed by atoms with E-state index in [1.165, 1.54) is 78.1 Å². The molecule has 0 fully saturated rings. The summed E-state index contributed by atoms with van der Waals surface area (Å²) in [6.45, 7) is 73.3. The minimum atomic E-state index is -2.32. The van der Waals surface area contributed by atoms with Gasteiger partial charge in [0.15, 0.2) is 16.6 Å². The molecule has 0 radical (unpaired) electrons. The van der Waals surface area contributed by atoms with Crippen molar-refractivity contribution >= 4 is 64.4 Å². The minimum Gasteiger partial charge on any atom is -0.455 e. The maximum atomic E-state index is 6.86. The lowest BCUT2D eigenvalue weighted by Crippen LogP contribution is -2.59. The average molecular weight is 1100 g/mol. The van der Waals surface area contributed by atoms with Crippen LogP contribution in [0.25, 0.3) is 12.2 Å². The van der Waals surface area contributed by atoms with Crippen molar-refractivity contribution in [1.29, 1.82) is 0 Å². The Balaban J connectivity index is 0.000000397. The zero-order chi connectivity index (χ0) is 57.9. The maximum absolute atomic E-state index is 6.86. The first-order chi connectivity index (χ1) is 32.8. The second kappa shape index (κ2) is 24.3. The topological polar surface area (TPSA) is 27.7 Å². The Hall–Kier alpha value is -2.42. The lowest BCUT2D eigenvalue weighted by Gasteiger charge is -2.40. The molecule has 74 heavy (non-hydrogen) atoms. The molecule has 0 heterocycles. The summed E-state index contributed by atoms with van der Waals surface area (Å²) in [7, 11) is -9.49. The van der Waals surface area contributed by atoms with Gasteiger partial charge in [-0.2, -0.15) is 0 Å². The molecule has 0 saturated carbocycles. The predicted molar refractivity (Wildman–Crippen MR) is 347 cm³/mol. The SMILES string of the molecule is CC(C)(C)C[Si](C)(C)O[Si](C)(C)CC(C)(C)C.CC(C)(C)c1ccc([Si](C)(C)O[Si](C)(C)O[Si](C)(C)c2ccc(C(C)(C)C)cc2)cc1.Cc1cc(/C=C/c2cc(C)c(C(C)(C)C)c(C)c2)cc(C)c1C(C)(C)C. The van der Waals surface area contributed by atoms with E-state index in [-0.39, 0.29) is 21.7 Å². The Morgan fingerprint density at radius 3 is 0.797 bits per heavy atom. The predicted octanol–water partition coefficient (Wildman–Crippen LogP) is 19.7. The van der Waals surface area contributed by atoms with Gasteiger partial charge in [-0.25, -0.2) is 0 Å². The van der Waals surface area contributed by atoms with Crippen LogP contribution >= 0.6 is 0 Å². The van der Waals surface area contributed by atoms with E-state index in [0.29, 0.717) is 10.8 Å². The van der Waals surface area contributed by atoms with Crippen molar-refractivity contribution in [3.63, 3.8) is 0 Å². The normalized spacial score (nSPS) is 13.9. The van der Waals surface area contributed by atoms with E-state index in [1.54, 1.807) is 0 Å². The van der Waals surface area contributed by atoms with Crippen molar-refractivity contribution in [3.05, 3.63) is 128 Å².